The van der Waals surface area contributed by atoms with Gasteiger partial charge in [-0.15, -0.1) is 0 Å². The van der Waals surface area contributed by atoms with Gasteiger partial charge >= 0.3 is 10.2 Å². The number of nitriles is 1. The summed E-state index contributed by atoms with van der Waals surface area (Å²) in [7, 11) is -4.10. The van der Waals surface area contributed by atoms with Crippen LogP contribution in [0.4, 0.5) is 4.39 Å². The molecule has 6 atom stereocenters. The Balaban J connectivity index is 1.66. The summed E-state index contributed by atoms with van der Waals surface area (Å²) in [6.07, 6.45) is 0.546. The molecule has 3 N–H and O–H groups in total. The minimum absolute atomic E-state index is 0.00353. The Morgan fingerprint density at radius 2 is 2.11 bits per heavy atom. The molecule has 0 spiro atoms. The predicted molar refractivity (Wildman–Crippen MR) is 99.7 cm³/mol. The number of hydrogen-bond donors (Lipinski definition) is 3. The van der Waals surface area contributed by atoms with Gasteiger partial charge in [0.25, 0.3) is 0 Å². The predicted octanol–water partition coefficient (Wildman–Crippen LogP) is 0.449. The first-order valence-electron chi connectivity index (χ1n) is 9.83. The van der Waals surface area contributed by atoms with Crippen LogP contribution in [0.2, 0.25) is 0 Å². The van der Waals surface area contributed by atoms with E-state index >= 15 is 4.39 Å². The monoisotopic (exact) mass is 416 g/mol. The number of amides is 1. The first-order chi connectivity index (χ1) is 13.0. The van der Waals surface area contributed by atoms with E-state index < -0.39 is 46.4 Å². The van der Waals surface area contributed by atoms with Gasteiger partial charge in [0.05, 0.1) is 30.2 Å². The molecule has 3 rings (SSSR count). The zero-order valence-corrected chi connectivity index (χ0v) is 17.1. The first-order valence-corrected chi connectivity index (χ1v) is 11.3. The average Bonchev–Trinajstić information content (AvgIpc) is 2.87. The Morgan fingerprint density at radius 3 is 2.71 bits per heavy atom. The van der Waals surface area contributed by atoms with Crippen molar-refractivity contribution < 1.29 is 22.7 Å². The normalized spacial score (nSPS) is 38.5. The lowest BCUT2D eigenvalue weighted by molar-refractivity contribution is -0.119. The molecule has 8 nitrogen and oxygen atoms in total. The van der Waals surface area contributed by atoms with Gasteiger partial charge < -0.3 is 10.4 Å². The van der Waals surface area contributed by atoms with E-state index in [4.69, 9.17) is 5.26 Å². The van der Waals surface area contributed by atoms with Crippen molar-refractivity contribution in [3.63, 3.8) is 0 Å². The minimum atomic E-state index is -4.10. The second-order valence-corrected chi connectivity index (χ2v) is 10.6. The van der Waals surface area contributed by atoms with Gasteiger partial charge in [-0.1, -0.05) is 0 Å². The number of aliphatic hydroxyl groups excluding tert-OH is 1. The molecular formula is C18H29FN4O4S. The van der Waals surface area contributed by atoms with Crippen LogP contribution in [0.25, 0.3) is 0 Å². The Morgan fingerprint density at radius 1 is 1.39 bits per heavy atom. The van der Waals surface area contributed by atoms with Gasteiger partial charge in [-0.2, -0.15) is 18.0 Å². The van der Waals surface area contributed by atoms with Crippen molar-refractivity contribution in [1.82, 2.24) is 14.3 Å². The van der Waals surface area contributed by atoms with Crippen LogP contribution < -0.4 is 10.0 Å². The van der Waals surface area contributed by atoms with Gasteiger partial charge in [0.15, 0.2) is 0 Å². The number of halogens is 1. The number of fused-ring (bicyclic) bond motifs is 1. The van der Waals surface area contributed by atoms with E-state index in [1.165, 1.54) is 0 Å². The highest BCUT2D eigenvalue weighted by atomic mass is 32.2. The third-order valence-corrected chi connectivity index (χ3v) is 7.87. The Kier molecular flexibility index (Phi) is 6.01. The van der Waals surface area contributed by atoms with Crippen molar-refractivity contribution in [2.24, 2.45) is 17.3 Å². The molecule has 1 heterocycles. The summed E-state index contributed by atoms with van der Waals surface area (Å²) >= 11 is 0. The SMILES string of the molecule is CC(C)(C#N)CCNC1CCC2CC(O)C(N3CC(=O)NS3(=O)=O)C(F)C2C1. The second kappa shape index (κ2) is 7.86. The smallest absolute Gasteiger partial charge is 0.304 e. The van der Waals surface area contributed by atoms with Crippen LogP contribution in [0.15, 0.2) is 0 Å². The van der Waals surface area contributed by atoms with E-state index in [2.05, 4.69) is 11.4 Å². The molecule has 158 valence electrons. The number of nitrogens with one attached hydrogen (secondary N) is 2. The second-order valence-electron chi connectivity index (χ2n) is 8.95. The molecule has 0 bridgehead atoms. The summed E-state index contributed by atoms with van der Waals surface area (Å²) in [6.45, 7) is 3.96. The van der Waals surface area contributed by atoms with E-state index in [9.17, 15) is 18.3 Å². The van der Waals surface area contributed by atoms with Crippen LogP contribution in [0, 0.1) is 28.6 Å². The largest absolute Gasteiger partial charge is 0.391 e. The summed E-state index contributed by atoms with van der Waals surface area (Å²) in [5.41, 5.74) is -0.420. The maximum atomic E-state index is 15.4. The molecule has 3 aliphatic rings. The third-order valence-electron chi connectivity index (χ3n) is 6.39. The Hall–Kier alpha value is -1.28. The summed E-state index contributed by atoms with van der Waals surface area (Å²) in [5, 5.41) is 23.0. The fourth-order valence-electron chi connectivity index (χ4n) is 4.77. The maximum Gasteiger partial charge on any atom is 0.304 e. The molecule has 3 fully saturated rings. The molecule has 0 aromatic rings. The van der Waals surface area contributed by atoms with Crippen LogP contribution in [0.1, 0.15) is 46.0 Å². The molecule has 10 heteroatoms. The van der Waals surface area contributed by atoms with E-state index in [0.29, 0.717) is 25.8 Å². The highest BCUT2D eigenvalue weighted by molar-refractivity contribution is 7.88. The van der Waals surface area contributed by atoms with Crippen molar-refractivity contribution in [1.29, 1.82) is 5.26 Å². The number of aliphatic hydroxyl groups is 1. The minimum Gasteiger partial charge on any atom is -0.391 e. The number of nitrogens with zero attached hydrogens (tertiary/aromatic N) is 2. The molecule has 1 amide bonds. The Bertz CT molecular complexity index is 753. The van der Waals surface area contributed by atoms with Crippen LogP contribution in [-0.2, 0) is 15.0 Å². The van der Waals surface area contributed by atoms with Gasteiger partial charge in [0.2, 0.25) is 5.91 Å². The standard InChI is InChI=1S/C18H29FN4O4S/c1-18(2,10-20)5-6-21-12-4-3-11-7-14(24)17(16(19)13(11)8-12)23-9-15(25)22-28(23,26)27/h11-14,16-17,21,24H,3-9H2,1-2H3,(H,22,25). The van der Waals surface area contributed by atoms with Gasteiger partial charge in [-0.25, -0.2) is 9.11 Å². The molecule has 2 aliphatic carbocycles. The molecule has 2 saturated carbocycles. The summed E-state index contributed by atoms with van der Waals surface area (Å²) < 4.78 is 42.3. The zero-order chi connectivity index (χ0) is 20.7. The molecule has 28 heavy (non-hydrogen) atoms. The quantitative estimate of drug-likeness (QED) is 0.598. The van der Waals surface area contributed by atoms with Gasteiger partial charge in [0, 0.05) is 6.04 Å². The van der Waals surface area contributed by atoms with Crippen LogP contribution in [0.3, 0.4) is 0 Å². The molecule has 0 aromatic heterocycles. The van der Waals surface area contributed by atoms with E-state index in [1.807, 2.05) is 18.6 Å². The van der Waals surface area contributed by atoms with E-state index in [1.54, 1.807) is 0 Å². The first kappa shape index (κ1) is 21.4. The van der Waals surface area contributed by atoms with Gasteiger partial charge in [-0.3, -0.25) is 4.79 Å². The number of hydrogen-bond acceptors (Lipinski definition) is 6. The summed E-state index contributed by atoms with van der Waals surface area (Å²) in [4.78, 5) is 11.5. The van der Waals surface area contributed by atoms with Gasteiger partial charge in [-0.05, 0) is 64.3 Å². The van der Waals surface area contributed by atoms with Crippen LogP contribution >= 0.6 is 0 Å². The average molecular weight is 417 g/mol. The van der Waals surface area contributed by atoms with E-state index in [-0.39, 0.29) is 17.9 Å². The van der Waals surface area contributed by atoms with Crippen molar-refractivity contribution in [2.45, 2.75) is 70.3 Å². The maximum absolute atomic E-state index is 15.4. The highest BCUT2D eigenvalue weighted by Gasteiger charge is 2.53. The number of rotatable bonds is 5. The summed E-state index contributed by atoms with van der Waals surface area (Å²) in [6, 6.07) is 1.12. The molecule has 6 unspecified atom stereocenters. The van der Waals surface area contributed by atoms with Crippen molar-refractivity contribution in [3.8, 4) is 6.07 Å². The topological polar surface area (TPSA) is 123 Å². The lowest BCUT2D eigenvalue weighted by Crippen LogP contribution is -2.59. The lowest BCUT2D eigenvalue weighted by Gasteiger charge is -2.48. The fourth-order valence-corrected chi connectivity index (χ4v) is 6.11. The Labute approximate surface area is 165 Å². The molecule has 0 radical (unpaired) electrons. The lowest BCUT2D eigenvalue weighted by atomic mass is 9.66. The number of carbonyl (C=O) groups excluding carboxylic acids is 1. The summed E-state index contributed by atoms with van der Waals surface area (Å²) in [5.74, 6) is -1.07. The fraction of sp³-hybridized carbons (Fsp3) is 0.889. The van der Waals surface area contributed by atoms with E-state index in [0.717, 1.165) is 17.1 Å². The van der Waals surface area contributed by atoms with Gasteiger partial charge in [0.1, 0.15) is 6.17 Å². The number of alkyl halides is 1. The van der Waals surface area contributed by atoms with Crippen molar-refractivity contribution >= 4 is 16.1 Å². The molecule has 1 aliphatic heterocycles. The highest BCUT2D eigenvalue weighted by Crippen LogP contribution is 2.44. The van der Waals surface area contributed by atoms with Crippen molar-refractivity contribution in [2.75, 3.05) is 13.1 Å². The van der Waals surface area contributed by atoms with Crippen LogP contribution in [-0.4, -0.2) is 61.2 Å². The van der Waals surface area contributed by atoms with Crippen LogP contribution in [0.5, 0.6) is 0 Å². The third kappa shape index (κ3) is 4.32. The zero-order valence-electron chi connectivity index (χ0n) is 16.3. The molecule has 1 saturated heterocycles. The number of carbonyl (C=O) groups is 1. The molecular weight excluding hydrogens is 387 g/mol. The molecule has 0 aromatic carbocycles. The van der Waals surface area contributed by atoms with Crippen molar-refractivity contribution in [3.05, 3.63) is 0 Å².